The molecule has 9 heteroatoms. The largest absolute Gasteiger partial charge is 0.481 e. The Kier molecular flexibility index (Phi) is 4.01. The van der Waals surface area contributed by atoms with Crippen molar-refractivity contribution in [1.82, 2.24) is 9.29 Å². The maximum Gasteiger partial charge on any atom is 0.308 e. The maximum absolute atomic E-state index is 12.4. The van der Waals surface area contributed by atoms with Crippen molar-refractivity contribution in [3.05, 3.63) is 9.48 Å². The van der Waals surface area contributed by atoms with Crippen LogP contribution in [0.15, 0.2) is 8.13 Å². The molecule has 0 aromatic carbocycles. The fraction of sp³-hybridized carbons (Fsp3) is 0.600. The summed E-state index contributed by atoms with van der Waals surface area (Å²) in [5.74, 6) is -1.81. The Balaban J connectivity index is 2.29. The van der Waals surface area contributed by atoms with E-state index in [0.29, 0.717) is 9.48 Å². The Hall–Kier alpha value is -0.510. The van der Waals surface area contributed by atoms with Gasteiger partial charge in [-0.25, -0.2) is 13.4 Å². The highest BCUT2D eigenvalue weighted by Crippen LogP contribution is 2.33. The van der Waals surface area contributed by atoms with E-state index in [-0.39, 0.29) is 23.3 Å². The monoisotopic (exact) mass is 368 g/mol. The van der Waals surface area contributed by atoms with Crippen LogP contribution in [0.3, 0.4) is 0 Å². The quantitative estimate of drug-likeness (QED) is 0.874. The minimum Gasteiger partial charge on any atom is -0.481 e. The zero-order chi connectivity index (χ0) is 14.4. The van der Waals surface area contributed by atoms with Crippen LogP contribution in [0.1, 0.15) is 12.6 Å². The molecule has 0 bridgehead atoms. The molecule has 19 heavy (non-hydrogen) atoms. The molecular formula is C10H13BrN2O4S2. The van der Waals surface area contributed by atoms with Gasteiger partial charge in [-0.15, -0.1) is 0 Å². The van der Waals surface area contributed by atoms with Crippen LogP contribution in [0.5, 0.6) is 0 Å². The van der Waals surface area contributed by atoms with Crippen LogP contribution in [-0.2, 0) is 14.8 Å². The lowest BCUT2D eigenvalue weighted by Crippen LogP contribution is -2.30. The lowest BCUT2D eigenvalue weighted by molar-refractivity contribution is -0.142. The third-order valence-electron chi connectivity index (χ3n) is 3.18. The number of halogens is 1. The van der Waals surface area contributed by atoms with E-state index in [1.165, 1.54) is 4.31 Å². The van der Waals surface area contributed by atoms with Crippen LogP contribution >= 0.6 is 27.3 Å². The zero-order valence-corrected chi connectivity index (χ0v) is 13.5. The van der Waals surface area contributed by atoms with Crippen molar-refractivity contribution in [2.24, 2.45) is 11.8 Å². The molecule has 6 nitrogen and oxygen atoms in total. The van der Waals surface area contributed by atoms with Gasteiger partial charge in [0.25, 0.3) is 10.0 Å². The average molecular weight is 369 g/mol. The fourth-order valence-corrected chi connectivity index (χ4v) is 5.66. The van der Waals surface area contributed by atoms with Crippen LogP contribution in [0.25, 0.3) is 0 Å². The first-order chi connectivity index (χ1) is 8.73. The van der Waals surface area contributed by atoms with Crippen LogP contribution in [0.4, 0.5) is 0 Å². The number of carboxylic acids is 1. The molecule has 2 rings (SSSR count). The number of aryl methyl sites for hydroxylation is 1. The first kappa shape index (κ1) is 14.9. The smallest absolute Gasteiger partial charge is 0.308 e. The summed E-state index contributed by atoms with van der Waals surface area (Å²) < 4.78 is 26.6. The van der Waals surface area contributed by atoms with Gasteiger partial charge in [0.2, 0.25) is 4.34 Å². The summed E-state index contributed by atoms with van der Waals surface area (Å²) in [5, 5.41) is 9.04. The highest BCUT2D eigenvalue weighted by atomic mass is 79.9. The van der Waals surface area contributed by atoms with Gasteiger partial charge >= 0.3 is 5.97 Å². The van der Waals surface area contributed by atoms with Gasteiger partial charge in [0.15, 0.2) is 0 Å². The van der Waals surface area contributed by atoms with Gasteiger partial charge in [-0.2, -0.15) is 4.31 Å². The topological polar surface area (TPSA) is 87.6 Å². The van der Waals surface area contributed by atoms with E-state index in [9.17, 15) is 13.2 Å². The van der Waals surface area contributed by atoms with Gasteiger partial charge < -0.3 is 5.11 Å². The fourth-order valence-electron chi connectivity index (χ4n) is 2.02. The second-order valence-corrected chi connectivity index (χ2v) is 9.01. The third kappa shape index (κ3) is 2.69. The predicted octanol–water partition coefficient (Wildman–Crippen LogP) is 1.56. The van der Waals surface area contributed by atoms with E-state index < -0.39 is 21.9 Å². The van der Waals surface area contributed by atoms with Gasteiger partial charge in [-0.1, -0.05) is 18.3 Å². The molecule has 2 heterocycles. The molecule has 1 aliphatic heterocycles. The second-order valence-electron chi connectivity index (χ2n) is 4.58. The van der Waals surface area contributed by atoms with Crippen molar-refractivity contribution in [2.45, 2.75) is 18.2 Å². The number of hydrogen-bond acceptors (Lipinski definition) is 5. The number of carboxylic acid groups (broad SMARTS) is 1. The summed E-state index contributed by atoms with van der Waals surface area (Å²) in [5.41, 5.74) is 0.616. The van der Waals surface area contributed by atoms with Crippen LogP contribution < -0.4 is 0 Å². The van der Waals surface area contributed by atoms with E-state index in [2.05, 4.69) is 20.9 Å². The summed E-state index contributed by atoms with van der Waals surface area (Å²) >= 11 is 4.29. The Morgan fingerprint density at radius 3 is 2.58 bits per heavy atom. The summed E-state index contributed by atoms with van der Waals surface area (Å²) in [4.78, 5) is 15.1. The third-order valence-corrected chi connectivity index (χ3v) is 7.37. The molecule has 106 valence electrons. The summed E-state index contributed by atoms with van der Waals surface area (Å²) in [7, 11) is -3.69. The number of aromatic nitrogens is 1. The zero-order valence-electron chi connectivity index (χ0n) is 10.3. The van der Waals surface area contributed by atoms with Gasteiger partial charge in [0, 0.05) is 13.1 Å². The summed E-state index contributed by atoms with van der Waals surface area (Å²) in [6, 6.07) is 0. The van der Waals surface area contributed by atoms with Crippen LogP contribution in [-0.4, -0.2) is 41.9 Å². The van der Waals surface area contributed by atoms with Crippen molar-refractivity contribution >= 4 is 43.3 Å². The van der Waals surface area contributed by atoms with Crippen molar-refractivity contribution in [3.8, 4) is 0 Å². The molecule has 1 aliphatic rings. The average Bonchev–Trinajstić information content (AvgIpc) is 2.84. The Morgan fingerprint density at radius 2 is 2.16 bits per heavy atom. The molecule has 0 amide bonds. The van der Waals surface area contributed by atoms with Crippen molar-refractivity contribution in [1.29, 1.82) is 0 Å². The standard InChI is InChI=1S/C10H13BrN2O4S2/c1-5-3-13(4-7(5)9(14)15)19(16,17)10-12-6(2)8(11)18-10/h5,7H,3-4H2,1-2H3,(H,14,15)/t5-,7-/m1/s1. The predicted molar refractivity (Wildman–Crippen MR) is 73.6 cm³/mol. The Bertz CT molecular complexity index is 594. The van der Waals surface area contributed by atoms with Crippen LogP contribution in [0.2, 0.25) is 0 Å². The normalized spacial score (nSPS) is 24.8. The Labute approximate surface area is 123 Å². The van der Waals surface area contributed by atoms with E-state index in [0.717, 1.165) is 11.3 Å². The van der Waals surface area contributed by atoms with Crippen molar-refractivity contribution < 1.29 is 18.3 Å². The minimum absolute atomic E-state index is 0.00901. The highest BCUT2D eigenvalue weighted by molar-refractivity contribution is 9.11. The molecule has 0 unspecified atom stereocenters. The number of rotatable bonds is 3. The lowest BCUT2D eigenvalue weighted by Gasteiger charge is -2.13. The molecule has 0 saturated carbocycles. The van der Waals surface area contributed by atoms with E-state index in [1.54, 1.807) is 13.8 Å². The molecule has 1 saturated heterocycles. The lowest BCUT2D eigenvalue weighted by atomic mass is 9.99. The Morgan fingerprint density at radius 1 is 1.53 bits per heavy atom. The van der Waals surface area contributed by atoms with Crippen molar-refractivity contribution in [2.75, 3.05) is 13.1 Å². The van der Waals surface area contributed by atoms with Gasteiger partial charge in [-0.3, -0.25) is 4.79 Å². The molecule has 1 N–H and O–H groups in total. The number of nitrogens with zero attached hydrogens (tertiary/aromatic N) is 2. The molecule has 2 atom stereocenters. The molecule has 1 aromatic rings. The number of sulfonamides is 1. The van der Waals surface area contributed by atoms with Gasteiger partial charge in [0.05, 0.1) is 15.4 Å². The maximum atomic E-state index is 12.4. The van der Waals surface area contributed by atoms with Crippen LogP contribution in [0, 0.1) is 18.8 Å². The van der Waals surface area contributed by atoms with Crippen molar-refractivity contribution in [3.63, 3.8) is 0 Å². The minimum atomic E-state index is -3.69. The number of hydrogen-bond donors (Lipinski definition) is 1. The second kappa shape index (κ2) is 5.12. The molecular weight excluding hydrogens is 356 g/mol. The first-order valence-electron chi connectivity index (χ1n) is 5.59. The van der Waals surface area contributed by atoms with E-state index >= 15 is 0 Å². The first-order valence-corrected chi connectivity index (χ1v) is 8.64. The number of carbonyl (C=O) groups is 1. The van der Waals surface area contributed by atoms with E-state index in [1.807, 2.05) is 0 Å². The molecule has 0 spiro atoms. The number of thiazole rings is 1. The summed E-state index contributed by atoms with van der Waals surface area (Å²) in [6.07, 6.45) is 0. The number of aliphatic carboxylic acids is 1. The van der Waals surface area contributed by atoms with Gasteiger partial charge in [-0.05, 0) is 28.8 Å². The highest BCUT2D eigenvalue weighted by Gasteiger charge is 2.41. The molecule has 0 aliphatic carbocycles. The van der Waals surface area contributed by atoms with Gasteiger partial charge in [0.1, 0.15) is 0 Å². The molecule has 0 radical (unpaired) electrons. The molecule has 1 fully saturated rings. The molecule has 1 aromatic heterocycles. The summed E-state index contributed by atoms with van der Waals surface area (Å²) in [6.45, 7) is 3.69. The van der Waals surface area contributed by atoms with E-state index in [4.69, 9.17) is 5.11 Å². The SMILES string of the molecule is Cc1nc(S(=O)(=O)N2C[C@@H](C)[C@H](C(=O)O)C2)sc1Br.